The van der Waals surface area contributed by atoms with Gasteiger partial charge in [-0.15, -0.1) is 11.8 Å². The molecule has 1 N–H and O–H groups in total. The van der Waals surface area contributed by atoms with E-state index in [1.165, 1.54) is 30.0 Å². The topological polar surface area (TPSA) is 138 Å². The molecule has 0 aliphatic rings. The average Bonchev–Trinajstić information content (AvgIpc) is 2.80. The molecular weight excluding hydrogens is 458 g/mol. The minimum Gasteiger partial charge on any atom is -0.481 e. The molecule has 0 saturated carbocycles. The van der Waals surface area contributed by atoms with Crippen molar-refractivity contribution in [2.45, 2.75) is 44.9 Å². The summed E-state index contributed by atoms with van der Waals surface area (Å²) < 4.78 is 5.54. The molecule has 1 radical (unpaired) electrons. The van der Waals surface area contributed by atoms with Crippen molar-refractivity contribution in [2.75, 3.05) is 23.7 Å². The second-order valence-corrected chi connectivity index (χ2v) is 8.60. The number of nitro groups is 1. The van der Waals surface area contributed by atoms with Crippen molar-refractivity contribution < 1.29 is 19.2 Å². The third kappa shape index (κ3) is 5.78. The normalized spacial score (nSPS) is 12.4. The first-order valence-corrected chi connectivity index (χ1v) is 12.0. The highest BCUT2D eigenvalue weighted by molar-refractivity contribution is 7.99. The molecule has 0 saturated heterocycles. The van der Waals surface area contributed by atoms with Crippen LogP contribution in [0.5, 0.6) is 0 Å². The van der Waals surface area contributed by atoms with Crippen LogP contribution >= 0.6 is 11.8 Å². The van der Waals surface area contributed by atoms with E-state index in [-0.39, 0.29) is 28.8 Å². The Hall–Kier alpha value is -3.32. The number of benzene rings is 1. The van der Waals surface area contributed by atoms with Gasteiger partial charge in [-0.05, 0) is 38.5 Å². The van der Waals surface area contributed by atoms with E-state index in [1.54, 1.807) is 4.90 Å². The van der Waals surface area contributed by atoms with Crippen LogP contribution in [0.4, 0.5) is 11.4 Å². The number of hydrogen-bond donors (Lipinski definition) is 1. The Balaban J connectivity index is 2.92. The van der Waals surface area contributed by atoms with Crippen molar-refractivity contribution in [3.8, 4) is 6.07 Å². The van der Waals surface area contributed by atoms with Gasteiger partial charge in [-0.2, -0.15) is 5.26 Å². The Morgan fingerprint density at radius 2 is 2.06 bits per heavy atom. The smallest absolute Gasteiger partial charge is 0.344 e. The van der Waals surface area contributed by atoms with Crippen LogP contribution in [0.25, 0.3) is 17.0 Å². The summed E-state index contributed by atoms with van der Waals surface area (Å²) in [5.74, 6) is -1.79. The third-order valence-corrected chi connectivity index (χ3v) is 6.65. The van der Waals surface area contributed by atoms with E-state index < -0.39 is 22.4 Å². The van der Waals surface area contributed by atoms with Crippen LogP contribution < -0.4 is 10.5 Å². The van der Waals surface area contributed by atoms with E-state index in [2.05, 4.69) is 6.92 Å². The van der Waals surface area contributed by atoms with E-state index in [0.29, 0.717) is 34.8 Å². The van der Waals surface area contributed by atoms with Gasteiger partial charge in [-0.1, -0.05) is 20.3 Å². The van der Waals surface area contributed by atoms with Crippen molar-refractivity contribution in [3.63, 3.8) is 0 Å². The van der Waals surface area contributed by atoms with E-state index in [0.717, 1.165) is 12.8 Å². The second kappa shape index (κ2) is 12.2. The van der Waals surface area contributed by atoms with Crippen LogP contribution in [0.2, 0.25) is 0 Å². The predicted molar refractivity (Wildman–Crippen MR) is 133 cm³/mol. The number of nitrogens with zero attached hydrogens (tertiary/aromatic N) is 3. The lowest BCUT2D eigenvalue weighted by molar-refractivity contribution is -0.384. The fourth-order valence-corrected chi connectivity index (χ4v) is 4.80. The lowest BCUT2D eigenvalue weighted by Crippen LogP contribution is -2.23. The van der Waals surface area contributed by atoms with Crippen LogP contribution in [-0.2, 0) is 4.79 Å². The Morgan fingerprint density at radius 3 is 2.56 bits per heavy atom. The van der Waals surface area contributed by atoms with Gasteiger partial charge >= 0.3 is 11.6 Å². The zero-order valence-electron chi connectivity index (χ0n) is 19.5. The minimum absolute atomic E-state index is 0.00902. The number of nitriles is 1. The van der Waals surface area contributed by atoms with E-state index in [9.17, 15) is 30.1 Å². The van der Waals surface area contributed by atoms with E-state index in [4.69, 9.17) is 4.42 Å². The van der Waals surface area contributed by atoms with E-state index >= 15 is 0 Å². The van der Waals surface area contributed by atoms with Crippen molar-refractivity contribution in [2.24, 2.45) is 5.92 Å². The number of hydrogen-bond acceptors (Lipinski definition) is 8. The first kappa shape index (κ1) is 26.9. The Bertz CT molecular complexity index is 1190. The highest BCUT2D eigenvalue weighted by Gasteiger charge is 2.25. The number of fused-ring (bicyclic) bond motifs is 1. The summed E-state index contributed by atoms with van der Waals surface area (Å²) in [6.45, 7) is 10.4. The summed E-state index contributed by atoms with van der Waals surface area (Å²) in [5, 5.41) is 31.3. The van der Waals surface area contributed by atoms with Gasteiger partial charge in [0.25, 0.3) is 5.69 Å². The summed E-state index contributed by atoms with van der Waals surface area (Å²) in [4.78, 5) is 38.2. The van der Waals surface area contributed by atoms with Gasteiger partial charge in [0.1, 0.15) is 11.3 Å². The fraction of sp³-hybridized carbons (Fsp3) is 0.417. The quantitative estimate of drug-likeness (QED) is 0.106. The summed E-state index contributed by atoms with van der Waals surface area (Å²) in [7, 11) is 0. The molecular formula is C24H28N3O6S. The van der Waals surface area contributed by atoms with Crippen LogP contribution in [-0.4, -0.2) is 34.8 Å². The highest BCUT2D eigenvalue weighted by atomic mass is 32.2. The third-order valence-electron chi connectivity index (χ3n) is 5.42. The monoisotopic (exact) mass is 486 g/mol. The summed E-state index contributed by atoms with van der Waals surface area (Å²) in [6, 6.07) is 4.75. The fourth-order valence-electron chi connectivity index (χ4n) is 3.55. The standard InChI is InChI=1S/C24H28N3O6S/c1-5-9-10-34-22-17-12-20(27(31)32)19(26(7-3)8-4)13-21(17)33-24(30)18(22)11-15(14-25)16(6-2)23(28)29/h11-13,16H,2,5-10H2,1,3-4H3,(H,28,29). The first-order chi connectivity index (χ1) is 16.2. The number of nitro benzene ring substituents is 1. The number of carboxylic acids is 1. The molecule has 2 aromatic rings. The molecule has 0 aliphatic heterocycles. The number of aliphatic carboxylic acids is 1. The minimum atomic E-state index is -1.23. The van der Waals surface area contributed by atoms with Crippen molar-refractivity contribution >= 4 is 46.2 Å². The molecule has 9 nitrogen and oxygen atoms in total. The van der Waals surface area contributed by atoms with Crippen molar-refractivity contribution in [3.05, 3.63) is 50.7 Å². The number of unbranched alkanes of at least 4 members (excludes halogenated alkanes) is 1. The van der Waals surface area contributed by atoms with Gasteiger partial charge in [0, 0.05) is 41.1 Å². The van der Waals surface area contributed by atoms with Gasteiger partial charge in [-0.25, -0.2) is 4.79 Å². The molecule has 1 heterocycles. The zero-order chi connectivity index (χ0) is 25.4. The van der Waals surface area contributed by atoms with Gasteiger partial charge in [0.2, 0.25) is 0 Å². The molecule has 0 amide bonds. The molecule has 0 fully saturated rings. The molecule has 1 aromatic carbocycles. The molecule has 1 aromatic heterocycles. The molecule has 1 unspecified atom stereocenters. The van der Waals surface area contributed by atoms with Crippen molar-refractivity contribution in [1.29, 1.82) is 5.26 Å². The van der Waals surface area contributed by atoms with Crippen molar-refractivity contribution in [1.82, 2.24) is 0 Å². The maximum Gasteiger partial charge on any atom is 0.344 e. The van der Waals surface area contributed by atoms with Gasteiger partial charge < -0.3 is 14.4 Å². The zero-order valence-corrected chi connectivity index (χ0v) is 20.3. The van der Waals surface area contributed by atoms with Gasteiger partial charge in [-0.3, -0.25) is 14.9 Å². The molecule has 10 heteroatoms. The number of carbonyl (C=O) groups is 1. The predicted octanol–water partition coefficient (Wildman–Crippen LogP) is 5.27. The number of carboxylic acid groups (broad SMARTS) is 1. The van der Waals surface area contributed by atoms with Crippen LogP contribution in [0.1, 0.15) is 45.6 Å². The Morgan fingerprint density at radius 1 is 1.38 bits per heavy atom. The van der Waals surface area contributed by atoms with E-state index in [1.807, 2.05) is 26.8 Å². The van der Waals surface area contributed by atoms with Gasteiger partial charge in [0.05, 0.1) is 22.5 Å². The first-order valence-electron chi connectivity index (χ1n) is 11.0. The summed E-state index contributed by atoms with van der Waals surface area (Å²) in [6.07, 6.45) is 2.87. The summed E-state index contributed by atoms with van der Waals surface area (Å²) in [5.41, 5.74) is -0.459. The molecule has 2 rings (SSSR count). The number of anilines is 1. The lowest BCUT2D eigenvalue weighted by Gasteiger charge is -2.21. The van der Waals surface area contributed by atoms with Crippen LogP contribution in [0.3, 0.4) is 0 Å². The molecule has 0 aliphatic carbocycles. The number of thioether (sulfide) groups is 1. The van der Waals surface area contributed by atoms with Gasteiger partial charge in [0.15, 0.2) is 0 Å². The summed E-state index contributed by atoms with van der Waals surface area (Å²) >= 11 is 1.33. The largest absolute Gasteiger partial charge is 0.481 e. The SMILES string of the molecule is [CH2]CC(C(=O)O)C(C#N)=Cc1c(SCCCC)c2cc([N+](=O)[O-])c(N(CC)CC)cc2oc1=O. The molecule has 0 bridgehead atoms. The lowest BCUT2D eigenvalue weighted by atomic mass is 9.95. The average molecular weight is 487 g/mol. The number of rotatable bonds is 12. The molecule has 34 heavy (non-hydrogen) atoms. The second-order valence-electron chi connectivity index (χ2n) is 7.49. The molecule has 181 valence electrons. The maximum atomic E-state index is 13.0. The Kier molecular flexibility index (Phi) is 9.69. The molecule has 1 atom stereocenters. The maximum absolute atomic E-state index is 13.0. The molecule has 0 spiro atoms. The van der Waals surface area contributed by atoms with Crippen LogP contribution in [0, 0.1) is 34.3 Å². The Labute approximate surface area is 202 Å². The highest BCUT2D eigenvalue weighted by Crippen LogP contribution is 2.39. The van der Waals surface area contributed by atoms with Crippen LogP contribution in [0.15, 0.2) is 31.8 Å².